The molecule has 3 rings (SSSR count). The van der Waals surface area contributed by atoms with E-state index in [4.69, 9.17) is 16.3 Å². The molecule has 2 heterocycles. The van der Waals surface area contributed by atoms with Crippen LogP contribution >= 0.6 is 11.6 Å². The van der Waals surface area contributed by atoms with Gasteiger partial charge in [-0.25, -0.2) is 9.97 Å². The highest BCUT2D eigenvalue weighted by Gasteiger charge is 2.07. The number of pyridine rings is 1. The zero-order chi connectivity index (χ0) is 14.7. The minimum absolute atomic E-state index is 0.352. The maximum Gasteiger partial charge on any atom is 0.155 e. The Morgan fingerprint density at radius 1 is 1.14 bits per heavy atom. The molecule has 0 bridgehead atoms. The van der Waals surface area contributed by atoms with Crippen molar-refractivity contribution in [2.75, 3.05) is 7.11 Å². The quantitative estimate of drug-likeness (QED) is 0.693. The first kappa shape index (κ1) is 13.9. The van der Waals surface area contributed by atoms with Crippen LogP contribution in [0.25, 0.3) is 10.9 Å². The molecular weight excluding hydrogens is 286 g/mol. The zero-order valence-corrected chi connectivity index (χ0v) is 12.3. The summed E-state index contributed by atoms with van der Waals surface area (Å²) in [6, 6.07) is 11.9. The number of hydrogen-bond donors (Lipinski definition) is 0. The fourth-order valence-electron chi connectivity index (χ4n) is 2.30. The van der Waals surface area contributed by atoms with Crippen LogP contribution in [0.2, 0.25) is 5.15 Å². The second kappa shape index (κ2) is 6.16. The number of aromatic nitrogens is 3. The van der Waals surface area contributed by atoms with Crippen molar-refractivity contribution in [2.45, 2.75) is 13.0 Å². The lowest BCUT2D eigenvalue weighted by molar-refractivity contribution is 0.177. The molecule has 21 heavy (non-hydrogen) atoms. The van der Waals surface area contributed by atoms with E-state index in [0.717, 1.165) is 16.6 Å². The molecule has 0 saturated carbocycles. The highest BCUT2D eigenvalue weighted by atomic mass is 35.5. The van der Waals surface area contributed by atoms with E-state index in [1.165, 1.54) is 5.56 Å². The van der Waals surface area contributed by atoms with Crippen LogP contribution in [0.4, 0.5) is 0 Å². The molecule has 0 spiro atoms. The van der Waals surface area contributed by atoms with Gasteiger partial charge in [-0.2, -0.15) is 0 Å². The largest absolute Gasteiger partial charge is 0.377 e. The molecule has 0 atom stereocenters. The van der Waals surface area contributed by atoms with E-state index in [9.17, 15) is 0 Å². The third-order valence-electron chi connectivity index (χ3n) is 3.18. The number of para-hydroxylation sites is 1. The molecular formula is C16H14ClN3O. The monoisotopic (exact) mass is 299 g/mol. The van der Waals surface area contributed by atoms with Gasteiger partial charge in [0.05, 0.1) is 11.2 Å². The third-order valence-corrected chi connectivity index (χ3v) is 3.37. The third kappa shape index (κ3) is 3.17. The van der Waals surface area contributed by atoms with E-state index >= 15 is 0 Å². The topological polar surface area (TPSA) is 47.9 Å². The first-order valence-corrected chi connectivity index (χ1v) is 6.98. The summed E-state index contributed by atoms with van der Waals surface area (Å²) in [5, 5.41) is 1.56. The normalized spacial score (nSPS) is 11.0. The lowest BCUT2D eigenvalue weighted by Crippen LogP contribution is -2.02. The van der Waals surface area contributed by atoms with Crippen LogP contribution < -0.4 is 0 Å². The molecule has 0 radical (unpaired) electrons. The number of methoxy groups -OCH3 is 1. The van der Waals surface area contributed by atoms with Gasteiger partial charge < -0.3 is 4.74 Å². The molecule has 0 amide bonds. The van der Waals surface area contributed by atoms with Crippen LogP contribution in [0.3, 0.4) is 0 Å². The molecule has 0 aliphatic carbocycles. The van der Waals surface area contributed by atoms with Gasteiger partial charge in [0.25, 0.3) is 0 Å². The second-order valence-electron chi connectivity index (χ2n) is 4.70. The lowest BCUT2D eigenvalue weighted by atomic mass is 10.0. The summed E-state index contributed by atoms with van der Waals surface area (Å²) in [6.07, 6.45) is 2.50. The average molecular weight is 300 g/mol. The Labute approximate surface area is 127 Å². The van der Waals surface area contributed by atoms with Gasteiger partial charge in [0.2, 0.25) is 0 Å². The van der Waals surface area contributed by atoms with E-state index in [1.807, 2.05) is 30.5 Å². The Bertz CT molecular complexity index is 771. The molecule has 3 aromatic rings. The summed E-state index contributed by atoms with van der Waals surface area (Å²) < 4.78 is 5.06. The molecule has 106 valence electrons. The number of nitrogens with zero attached hydrogens (tertiary/aromatic N) is 3. The first-order valence-electron chi connectivity index (χ1n) is 6.60. The van der Waals surface area contributed by atoms with Gasteiger partial charge in [0.15, 0.2) is 5.82 Å². The van der Waals surface area contributed by atoms with Crippen LogP contribution in [-0.4, -0.2) is 22.1 Å². The van der Waals surface area contributed by atoms with Crippen molar-refractivity contribution in [3.05, 3.63) is 64.8 Å². The van der Waals surface area contributed by atoms with E-state index in [1.54, 1.807) is 13.2 Å². The number of benzene rings is 1. The van der Waals surface area contributed by atoms with E-state index in [-0.39, 0.29) is 0 Å². The standard InChI is InChI=1S/C16H14ClN3O/c1-21-10-16-19-12(9-15(17)20-16)8-11-6-7-18-14-5-3-2-4-13(11)14/h2-7,9H,8,10H2,1H3. The lowest BCUT2D eigenvalue weighted by Gasteiger charge is -2.07. The van der Waals surface area contributed by atoms with E-state index < -0.39 is 0 Å². The number of rotatable bonds is 4. The van der Waals surface area contributed by atoms with Gasteiger partial charge in [-0.15, -0.1) is 0 Å². The van der Waals surface area contributed by atoms with Crippen LogP contribution in [0.15, 0.2) is 42.6 Å². The number of fused-ring (bicyclic) bond motifs is 1. The summed E-state index contributed by atoms with van der Waals surface area (Å²) in [7, 11) is 1.61. The van der Waals surface area contributed by atoms with Gasteiger partial charge in [-0.3, -0.25) is 4.98 Å². The summed E-state index contributed by atoms with van der Waals surface area (Å²) in [5.74, 6) is 0.596. The average Bonchev–Trinajstić information content (AvgIpc) is 2.47. The Morgan fingerprint density at radius 3 is 2.86 bits per heavy atom. The van der Waals surface area contributed by atoms with Gasteiger partial charge in [-0.1, -0.05) is 29.8 Å². The predicted molar refractivity (Wildman–Crippen MR) is 82.3 cm³/mol. The summed E-state index contributed by atoms with van der Waals surface area (Å²) in [5.41, 5.74) is 3.02. The summed E-state index contributed by atoms with van der Waals surface area (Å²) in [6.45, 7) is 0.352. The molecule has 2 aromatic heterocycles. The molecule has 0 unspecified atom stereocenters. The van der Waals surface area contributed by atoms with Crippen molar-refractivity contribution in [1.29, 1.82) is 0 Å². The van der Waals surface area contributed by atoms with Crippen molar-refractivity contribution in [3.63, 3.8) is 0 Å². The Kier molecular flexibility index (Phi) is 4.08. The zero-order valence-electron chi connectivity index (χ0n) is 11.6. The van der Waals surface area contributed by atoms with Crippen molar-refractivity contribution in [2.24, 2.45) is 0 Å². The number of halogens is 1. The highest BCUT2D eigenvalue weighted by Crippen LogP contribution is 2.20. The van der Waals surface area contributed by atoms with Crippen LogP contribution in [0.1, 0.15) is 17.1 Å². The maximum absolute atomic E-state index is 6.05. The molecule has 5 heteroatoms. The second-order valence-corrected chi connectivity index (χ2v) is 5.08. The Hall–Kier alpha value is -2.04. The maximum atomic E-state index is 6.05. The minimum atomic E-state index is 0.352. The minimum Gasteiger partial charge on any atom is -0.377 e. The molecule has 0 fully saturated rings. The van der Waals surface area contributed by atoms with Gasteiger partial charge in [0, 0.05) is 25.1 Å². The molecule has 0 saturated heterocycles. The van der Waals surface area contributed by atoms with Crippen LogP contribution in [0, 0.1) is 0 Å². The number of hydrogen-bond acceptors (Lipinski definition) is 4. The number of ether oxygens (including phenoxy) is 1. The van der Waals surface area contributed by atoms with Crippen molar-refractivity contribution < 1.29 is 4.74 Å². The van der Waals surface area contributed by atoms with E-state index in [0.29, 0.717) is 24.0 Å². The SMILES string of the molecule is COCc1nc(Cl)cc(Cc2ccnc3ccccc23)n1. The van der Waals surface area contributed by atoms with Crippen LogP contribution in [0.5, 0.6) is 0 Å². The van der Waals surface area contributed by atoms with Crippen molar-refractivity contribution in [1.82, 2.24) is 15.0 Å². The van der Waals surface area contributed by atoms with Crippen molar-refractivity contribution in [3.8, 4) is 0 Å². The Balaban J connectivity index is 1.98. The fourth-order valence-corrected chi connectivity index (χ4v) is 2.53. The van der Waals surface area contributed by atoms with Gasteiger partial charge in [-0.05, 0) is 23.8 Å². The molecule has 0 aliphatic rings. The first-order chi connectivity index (χ1) is 10.3. The predicted octanol–water partition coefficient (Wildman–Crippen LogP) is 3.42. The molecule has 0 aliphatic heterocycles. The smallest absolute Gasteiger partial charge is 0.155 e. The summed E-state index contributed by atoms with van der Waals surface area (Å²) >= 11 is 6.05. The molecule has 0 N–H and O–H groups in total. The highest BCUT2D eigenvalue weighted by molar-refractivity contribution is 6.29. The Morgan fingerprint density at radius 2 is 2.00 bits per heavy atom. The van der Waals surface area contributed by atoms with Gasteiger partial charge >= 0.3 is 0 Å². The van der Waals surface area contributed by atoms with Crippen molar-refractivity contribution >= 4 is 22.5 Å². The summed E-state index contributed by atoms with van der Waals surface area (Å²) in [4.78, 5) is 13.0. The molecule has 1 aromatic carbocycles. The fraction of sp³-hybridized carbons (Fsp3) is 0.188. The van der Waals surface area contributed by atoms with Gasteiger partial charge in [0.1, 0.15) is 11.8 Å². The molecule has 4 nitrogen and oxygen atoms in total. The van der Waals surface area contributed by atoms with Crippen LogP contribution in [-0.2, 0) is 17.8 Å². The van der Waals surface area contributed by atoms with E-state index in [2.05, 4.69) is 21.0 Å².